The van der Waals surface area contributed by atoms with Crippen molar-refractivity contribution >= 4 is 27.3 Å². The van der Waals surface area contributed by atoms with Crippen molar-refractivity contribution in [3.05, 3.63) is 27.7 Å². The van der Waals surface area contributed by atoms with E-state index in [0.29, 0.717) is 4.88 Å². The average molecular weight is 297 g/mol. The van der Waals surface area contributed by atoms with Crippen LogP contribution in [0.15, 0.2) is 22.0 Å². The van der Waals surface area contributed by atoms with E-state index in [9.17, 15) is 13.2 Å². The van der Waals surface area contributed by atoms with Crippen LogP contribution in [-0.4, -0.2) is 10.2 Å². The molecular formula is C8H4BrF3N2S. The molecule has 0 radical (unpaired) electrons. The smallest absolute Gasteiger partial charge is 0.272 e. The van der Waals surface area contributed by atoms with Crippen molar-refractivity contribution in [1.82, 2.24) is 10.2 Å². The molecule has 2 heterocycles. The second-order valence-corrected chi connectivity index (χ2v) is 4.48. The van der Waals surface area contributed by atoms with Crippen LogP contribution in [0, 0.1) is 0 Å². The summed E-state index contributed by atoms with van der Waals surface area (Å²) in [7, 11) is 0. The highest BCUT2D eigenvalue weighted by atomic mass is 79.9. The number of nitrogens with zero attached hydrogens (tertiary/aromatic N) is 1. The van der Waals surface area contributed by atoms with Gasteiger partial charge >= 0.3 is 6.18 Å². The Balaban J connectivity index is 2.50. The summed E-state index contributed by atoms with van der Waals surface area (Å²) < 4.78 is 37.2. The van der Waals surface area contributed by atoms with Gasteiger partial charge in [0.05, 0.1) is 9.35 Å². The zero-order chi connectivity index (χ0) is 11.1. The SMILES string of the molecule is FC(F)(F)c1[nH]nc(-c2cccs2)c1Br. The molecule has 2 aromatic heterocycles. The number of alkyl halides is 3. The standard InChI is InChI=1S/C8H4BrF3N2S/c9-5-6(4-2-1-3-15-4)13-14-7(5)8(10,11)12/h1-3H,(H,13,14). The van der Waals surface area contributed by atoms with Gasteiger partial charge in [-0.3, -0.25) is 5.10 Å². The van der Waals surface area contributed by atoms with Crippen LogP contribution >= 0.6 is 27.3 Å². The molecule has 2 nitrogen and oxygen atoms in total. The fourth-order valence-electron chi connectivity index (χ4n) is 1.09. The number of nitrogens with one attached hydrogen (secondary N) is 1. The molecule has 15 heavy (non-hydrogen) atoms. The van der Waals surface area contributed by atoms with Crippen LogP contribution in [0.25, 0.3) is 10.6 Å². The normalized spacial score (nSPS) is 12.0. The minimum atomic E-state index is -4.42. The Morgan fingerprint density at radius 2 is 2.13 bits per heavy atom. The number of hydrogen-bond donors (Lipinski definition) is 1. The van der Waals surface area contributed by atoms with E-state index in [0.717, 1.165) is 0 Å². The topological polar surface area (TPSA) is 28.7 Å². The Kier molecular flexibility index (Phi) is 2.59. The summed E-state index contributed by atoms with van der Waals surface area (Å²) in [5.41, 5.74) is -0.566. The van der Waals surface area contributed by atoms with Crippen LogP contribution in [0.3, 0.4) is 0 Å². The first-order valence-corrected chi connectivity index (χ1v) is 5.52. The van der Waals surface area contributed by atoms with Crippen molar-refractivity contribution in [3.8, 4) is 10.6 Å². The number of halogens is 4. The fourth-order valence-corrected chi connectivity index (χ4v) is 2.56. The zero-order valence-electron chi connectivity index (χ0n) is 7.10. The molecule has 0 saturated heterocycles. The quantitative estimate of drug-likeness (QED) is 0.849. The van der Waals surface area contributed by atoms with E-state index < -0.39 is 11.9 Å². The van der Waals surface area contributed by atoms with Gasteiger partial charge in [0.1, 0.15) is 5.69 Å². The summed E-state index contributed by atoms with van der Waals surface area (Å²) in [5, 5.41) is 7.41. The van der Waals surface area contributed by atoms with Crippen molar-refractivity contribution in [2.75, 3.05) is 0 Å². The van der Waals surface area contributed by atoms with Gasteiger partial charge in [-0.05, 0) is 27.4 Å². The lowest BCUT2D eigenvalue weighted by molar-refractivity contribution is -0.141. The van der Waals surface area contributed by atoms with Crippen LogP contribution in [0.4, 0.5) is 13.2 Å². The lowest BCUT2D eigenvalue weighted by Crippen LogP contribution is -2.06. The lowest BCUT2D eigenvalue weighted by Gasteiger charge is -2.02. The Morgan fingerprint density at radius 1 is 1.40 bits per heavy atom. The highest BCUT2D eigenvalue weighted by Crippen LogP contribution is 2.39. The summed E-state index contributed by atoms with van der Waals surface area (Å²) in [5.74, 6) is 0. The molecular weight excluding hydrogens is 293 g/mol. The monoisotopic (exact) mass is 296 g/mol. The fraction of sp³-hybridized carbons (Fsp3) is 0.125. The van der Waals surface area contributed by atoms with Gasteiger partial charge in [-0.25, -0.2) is 0 Å². The van der Waals surface area contributed by atoms with Crippen molar-refractivity contribution in [1.29, 1.82) is 0 Å². The molecule has 7 heteroatoms. The van der Waals surface area contributed by atoms with Crippen LogP contribution < -0.4 is 0 Å². The molecule has 0 fully saturated rings. The molecule has 0 aromatic carbocycles. The summed E-state index contributed by atoms with van der Waals surface area (Å²) >= 11 is 4.24. The largest absolute Gasteiger partial charge is 0.433 e. The molecule has 0 bridgehead atoms. The van der Waals surface area contributed by atoms with Crippen molar-refractivity contribution in [2.45, 2.75) is 6.18 Å². The number of aromatic amines is 1. The summed E-state index contributed by atoms with van der Waals surface area (Å²) in [6.45, 7) is 0. The van der Waals surface area contributed by atoms with E-state index in [1.54, 1.807) is 17.5 Å². The second kappa shape index (κ2) is 3.64. The zero-order valence-corrected chi connectivity index (χ0v) is 9.50. The Bertz CT molecular complexity index is 461. The molecule has 0 aliphatic heterocycles. The number of aromatic nitrogens is 2. The average Bonchev–Trinajstić information content (AvgIpc) is 2.69. The molecule has 2 aromatic rings. The van der Waals surface area contributed by atoms with Crippen LogP contribution in [0.1, 0.15) is 5.69 Å². The molecule has 0 aliphatic rings. The van der Waals surface area contributed by atoms with Gasteiger partial charge in [0, 0.05) is 0 Å². The van der Waals surface area contributed by atoms with Crippen molar-refractivity contribution < 1.29 is 13.2 Å². The van der Waals surface area contributed by atoms with Gasteiger partial charge in [-0.2, -0.15) is 18.3 Å². The van der Waals surface area contributed by atoms with Gasteiger partial charge in [-0.15, -0.1) is 11.3 Å². The Labute approximate surface area is 95.3 Å². The summed E-state index contributed by atoms with van der Waals surface area (Å²) in [6, 6.07) is 3.47. The van der Waals surface area contributed by atoms with Crippen LogP contribution in [0.5, 0.6) is 0 Å². The van der Waals surface area contributed by atoms with Crippen LogP contribution in [-0.2, 0) is 6.18 Å². The highest BCUT2D eigenvalue weighted by Gasteiger charge is 2.36. The minimum absolute atomic E-state index is 0.0440. The summed E-state index contributed by atoms with van der Waals surface area (Å²) in [6.07, 6.45) is -4.42. The van der Waals surface area contributed by atoms with E-state index >= 15 is 0 Å². The third kappa shape index (κ3) is 1.93. The van der Waals surface area contributed by atoms with E-state index in [2.05, 4.69) is 21.0 Å². The third-order valence-corrected chi connectivity index (χ3v) is 3.39. The molecule has 1 N–H and O–H groups in total. The Hall–Kier alpha value is -0.820. The number of rotatable bonds is 1. The van der Waals surface area contributed by atoms with Crippen molar-refractivity contribution in [2.24, 2.45) is 0 Å². The summed E-state index contributed by atoms with van der Waals surface area (Å²) in [4.78, 5) is 0.689. The van der Waals surface area contributed by atoms with Gasteiger partial charge in [-0.1, -0.05) is 6.07 Å². The second-order valence-electron chi connectivity index (χ2n) is 2.74. The maximum Gasteiger partial charge on any atom is 0.433 e. The maximum atomic E-state index is 12.4. The van der Waals surface area contributed by atoms with Crippen molar-refractivity contribution in [3.63, 3.8) is 0 Å². The highest BCUT2D eigenvalue weighted by molar-refractivity contribution is 9.10. The molecule has 0 atom stereocenters. The van der Waals surface area contributed by atoms with Gasteiger partial charge in [0.2, 0.25) is 0 Å². The number of thiophene rings is 1. The number of H-pyrrole nitrogens is 1. The predicted molar refractivity (Wildman–Crippen MR) is 54.6 cm³/mol. The lowest BCUT2D eigenvalue weighted by atomic mass is 10.3. The molecule has 0 spiro atoms. The third-order valence-electron chi connectivity index (χ3n) is 1.74. The number of hydrogen-bond acceptors (Lipinski definition) is 2. The first-order chi connectivity index (χ1) is 7.00. The first-order valence-electron chi connectivity index (χ1n) is 3.85. The van der Waals surface area contributed by atoms with Gasteiger partial charge in [0.25, 0.3) is 0 Å². The molecule has 0 unspecified atom stereocenters. The molecule has 0 amide bonds. The predicted octanol–water partition coefficient (Wildman–Crippen LogP) is 3.92. The van der Waals surface area contributed by atoms with Crippen LogP contribution in [0.2, 0.25) is 0 Å². The van der Waals surface area contributed by atoms with Gasteiger partial charge < -0.3 is 0 Å². The van der Waals surface area contributed by atoms with E-state index in [1.807, 2.05) is 5.10 Å². The first kappa shape index (κ1) is 10.7. The minimum Gasteiger partial charge on any atom is -0.272 e. The molecule has 2 rings (SSSR count). The molecule has 80 valence electrons. The van der Waals surface area contributed by atoms with E-state index in [-0.39, 0.29) is 10.2 Å². The van der Waals surface area contributed by atoms with E-state index in [1.165, 1.54) is 11.3 Å². The molecule has 0 aliphatic carbocycles. The van der Waals surface area contributed by atoms with Gasteiger partial charge in [0.15, 0.2) is 5.69 Å². The maximum absolute atomic E-state index is 12.4. The Morgan fingerprint density at radius 3 is 2.60 bits per heavy atom. The molecule has 0 saturated carbocycles. The van der Waals surface area contributed by atoms with E-state index in [4.69, 9.17) is 0 Å².